The molecule has 0 saturated carbocycles. The van der Waals surface area contributed by atoms with E-state index in [4.69, 9.17) is 9.51 Å². The van der Waals surface area contributed by atoms with Gasteiger partial charge in [0.2, 0.25) is 0 Å². The fourth-order valence-corrected chi connectivity index (χ4v) is 4.87. The number of nitrogens with one attached hydrogen (secondary N) is 1. The number of benzene rings is 3. The molecule has 0 radical (unpaired) electrons. The first kappa shape index (κ1) is 18.9. The van der Waals surface area contributed by atoms with Crippen molar-refractivity contribution in [3.05, 3.63) is 84.6 Å². The first-order chi connectivity index (χ1) is 15.8. The molecule has 156 valence electrons. The minimum atomic E-state index is -0.194. The van der Waals surface area contributed by atoms with Gasteiger partial charge in [0.1, 0.15) is 5.52 Å². The van der Waals surface area contributed by atoms with Gasteiger partial charge in [-0.3, -0.25) is 4.79 Å². The Bertz CT molecular complexity index is 1430. The zero-order chi connectivity index (χ0) is 21.5. The number of nitrogens with zero attached hydrogens (tertiary/aromatic N) is 3. The van der Waals surface area contributed by atoms with E-state index < -0.39 is 0 Å². The molecule has 2 aromatic heterocycles. The first-order valence-electron chi connectivity index (χ1n) is 10.3. The van der Waals surface area contributed by atoms with Crippen LogP contribution in [0.4, 0.5) is 5.69 Å². The van der Waals surface area contributed by atoms with E-state index in [1.54, 1.807) is 17.8 Å². The summed E-state index contributed by atoms with van der Waals surface area (Å²) in [6, 6.07) is 22.9. The third kappa shape index (κ3) is 3.27. The lowest BCUT2D eigenvalue weighted by Crippen LogP contribution is -2.12. The molecule has 0 spiro atoms. The largest absolute Gasteiger partial charge is 0.355 e. The zero-order valence-corrected chi connectivity index (χ0v) is 17.8. The van der Waals surface area contributed by atoms with Gasteiger partial charge in [-0.2, -0.15) is 0 Å². The van der Waals surface area contributed by atoms with Gasteiger partial charge in [-0.1, -0.05) is 65.4 Å². The highest BCUT2D eigenvalue weighted by atomic mass is 32.2. The molecule has 1 aliphatic heterocycles. The van der Waals surface area contributed by atoms with Crippen LogP contribution in [0.15, 0.2) is 88.7 Å². The SMILES string of the molecule is O=C(Nc1ccccc1-c1cn2c(n1)SCC2)c1ccc2noc(-c3ccccc3)c2c1. The fraction of sp³-hybridized carbons (Fsp3) is 0.0800. The zero-order valence-electron chi connectivity index (χ0n) is 17.0. The quantitative estimate of drug-likeness (QED) is 0.389. The van der Waals surface area contributed by atoms with Crippen LogP contribution in [0.1, 0.15) is 10.4 Å². The standard InChI is InChI=1S/C25H18N4O2S/c30-24(17-10-11-21-19(14-17)23(31-28-21)16-6-2-1-3-7-16)26-20-9-5-4-8-18(20)22-15-29-12-13-32-25(29)27-22/h1-11,14-15H,12-13H2,(H,26,30). The second-order valence-electron chi connectivity index (χ2n) is 7.56. The molecule has 1 N–H and O–H groups in total. The number of amides is 1. The normalized spacial score (nSPS) is 12.8. The summed E-state index contributed by atoms with van der Waals surface area (Å²) in [6.45, 7) is 0.962. The molecule has 32 heavy (non-hydrogen) atoms. The summed E-state index contributed by atoms with van der Waals surface area (Å²) in [5.41, 5.74) is 4.67. The number of hydrogen-bond donors (Lipinski definition) is 1. The van der Waals surface area contributed by atoms with Crippen molar-refractivity contribution in [3.8, 4) is 22.6 Å². The van der Waals surface area contributed by atoms with Gasteiger partial charge in [0.05, 0.1) is 16.8 Å². The predicted molar refractivity (Wildman–Crippen MR) is 126 cm³/mol. The summed E-state index contributed by atoms with van der Waals surface area (Å²) in [6.07, 6.45) is 2.05. The third-order valence-electron chi connectivity index (χ3n) is 5.53. The molecule has 0 atom stereocenters. The number of imidazole rings is 1. The molecular formula is C25H18N4O2S. The Kier molecular flexibility index (Phi) is 4.54. The van der Waals surface area contributed by atoms with E-state index in [9.17, 15) is 4.79 Å². The van der Waals surface area contributed by atoms with E-state index in [1.807, 2.05) is 66.7 Å². The van der Waals surface area contributed by atoms with Crippen LogP contribution in [0.3, 0.4) is 0 Å². The van der Waals surface area contributed by atoms with Crippen molar-refractivity contribution in [3.63, 3.8) is 0 Å². The molecule has 6 nitrogen and oxygen atoms in total. The summed E-state index contributed by atoms with van der Waals surface area (Å²) in [5.74, 6) is 1.51. The number of thioether (sulfide) groups is 1. The summed E-state index contributed by atoms with van der Waals surface area (Å²) >= 11 is 1.75. The maximum atomic E-state index is 13.2. The van der Waals surface area contributed by atoms with Crippen LogP contribution in [0.25, 0.3) is 33.5 Å². The number of aromatic nitrogens is 3. The molecule has 3 aromatic carbocycles. The maximum Gasteiger partial charge on any atom is 0.255 e. The van der Waals surface area contributed by atoms with Crippen LogP contribution >= 0.6 is 11.8 Å². The molecule has 1 amide bonds. The van der Waals surface area contributed by atoms with Crippen LogP contribution in [0.2, 0.25) is 0 Å². The highest BCUT2D eigenvalue weighted by molar-refractivity contribution is 7.99. The number of anilines is 1. The Balaban J connectivity index is 1.33. The maximum absolute atomic E-state index is 13.2. The molecule has 6 rings (SSSR count). The molecule has 5 aromatic rings. The van der Waals surface area contributed by atoms with Gasteiger partial charge in [0, 0.05) is 35.2 Å². The number of aryl methyl sites for hydroxylation is 1. The predicted octanol–water partition coefficient (Wildman–Crippen LogP) is 5.72. The first-order valence-corrected chi connectivity index (χ1v) is 11.3. The highest BCUT2D eigenvalue weighted by Gasteiger charge is 2.19. The number of rotatable bonds is 4. The topological polar surface area (TPSA) is 73.0 Å². The lowest BCUT2D eigenvalue weighted by Gasteiger charge is -2.10. The fourth-order valence-electron chi connectivity index (χ4n) is 3.93. The van der Waals surface area contributed by atoms with Crippen molar-refractivity contribution in [2.45, 2.75) is 11.7 Å². The molecule has 0 aliphatic carbocycles. The average Bonchev–Trinajstić information content (AvgIpc) is 3.54. The summed E-state index contributed by atoms with van der Waals surface area (Å²) in [4.78, 5) is 17.9. The van der Waals surface area contributed by atoms with E-state index in [0.717, 1.165) is 45.3 Å². The minimum absolute atomic E-state index is 0.194. The average molecular weight is 439 g/mol. The van der Waals surface area contributed by atoms with E-state index in [-0.39, 0.29) is 5.91 Å². The summed E-state index contributed by atoms with van der Waals surface area (Å²) in [5, 5.41) is 9.02. The van der Waals surface area contributed by atoms with Crippen molar-refractivity contribution in [1.82, 2.24) is 14.7 Å². The second-order valence-corrected chi connectivity index (χ2v) is 8.62. The van der Waals surface area contributed by atoms with Gasteiger partial charge >= 0.3 is 0 Å². The van der Waals surface area contributed by atoms with E-state index in [2.05, 4.69) is 21.2 Å². The Morgan fingerprint density at radius 3 is 2.75 bits per heavy atom. The van der Waals surface area contributed by atoms with Gasteiger partial charge in [-0.15, -0.1) is 0 Å². The molecular weight excluding hydrogens is 420 g/mol. The summed E-state index contributed by atoms with van der Waals surface area (Å²) < 4.78 is 7.72. The van der Waals surface area contributed by atoms with E-state index in [1.165, 1.54) is 0 Å². The van der Waals surface area contributed by atoms with E-state index >= 15 is 0 Å². The molecule has 1 aliphatic rings. The molecule has 0 saturated heterocycles. The Hall–Kier alpha value is -3.84. The number of carbonyl (C=O) groups is 1. The van der Waals surface area contributed by atoms with Gasteiger partial charge < -0.3 is 14.4 Å². The van der Waals surface area contributed by atoms with Crippen LogP contribution in [-0.4, -0.2) is 26.4 Å². The van der Waals surface area contributed by atoms with Crippen LogP contribution in [0, 0.1) is 0 Å². The monoisotopic (exact) mass is 438 g/mol. The Morgan fingerprint density at radius 1 is 1.03 bits per heavy atom. The molecule has 3 heterocycles. The summed E-state index contributed by atoms with van der Waals surface area (Å²) in [7, 11) is 0. The minimum Gasteiger partial charge on any atom is -0.355 e. The molecule has 0 fully saturated rings. The number of carbonyl (C=O) groups excluding carboxylic acids is 1. The number of hydrogen-bond acceptors (Lipinski definition) is 5. The number of para-hydroxylation sites is 1. The Labute approximate surface area is 188 Å². The van der Waals surface area contributed by atoms with E-state index in [0.29, 0.717) is 16.8 Å². The van der Waals surface area contributed by atoms with Gasteiger partial charge in [0.15, 0.2) is 10.9 Å². The smallest absolute Gasteiger partial charge is 0.255 e. The molecule has 7 heteroatoms. The number of fused-ring (bicyclic) bond motifs is 2. The van der Waals surface area contributed by atoms with Gasteiger partial charge in [-0.25, -0.2) is 4.98 Å². The molecule has 0 bridgehead atoms. The second kappa shape index (κ2) is 7.69. The highest BCUT2D eigenvalue weighted by Crippen LogP contribution is 2.33. The lowest BCUT2D eigenvalue weighted by atomic mass is 10.1. The van der Waals surface area contributed by atoms with Crippen LogP contribution in [-0.2, 0) is 6.54 Å². The third-order valence-corrected chi connectivity index (χ3v) is 6.50. The van der Waals surface area contributed by atoms with Crippen molar-refractivity contribution in [1.29, 1.82) is 0 Å². The van der Waals surface area contributed by atoms with Gasteiger partial charge in [0.25, 0.3) is 5.91 Å². The van der Waals surface area contributed by atoms with Crippen molar-refractivity contribution < 1.29 is 9.32 Å². The van der Waals surface area contributed by atoms with Crippen molar-refractivity contribution in [2.24, 2.45) is 0 Å². The lowest BCUT2D eigenvalue weighted by molar-refractivity contribution is 0.102. The van der Waals surface area contributed by atoms with Gasteiger partial charge in [-0.05, 0) is 24.3 Å². The van der Waals surface area contributed by atoms with Crippen LogP contribution in [0.5, 0.6) is 0 Å². The molecule has 0 unspecified atom stereocenters. The van der Waals surface area contributed by atoms with Crippen molar-refractivity contribution >= 4 is 34.3 Å². The van der Waals surface area contributed by atoms with Crippen LogP contribution < -0.4 is 5.32 Å². The van der Waals surface area contributed by atoms with Crippen molar-refractivity contribution in [2.75, 3.05) is 11.1 Å². The Morgan fingerprint density at radius 2 is 1.88 bits per heavy atom.